The summed E-state index contributed by atoms with van der Waals surface area (Å²) < 4.78 is 0. The van der Waals surface area contributed by atoms with Gasteiger partial charge in [0.1, 0.15) is 5.75 Å². The summed E-state index contributed by atoms with van der Waals surface area (Å²) in [6.45, 7) is 1.83. The van der Waals surface area contributed by atoms with Gasteiger partial charge in [0.05, 0.1) is 5.56 Å². The molecular weight excluding hydrogens is 322 g/mol. The van der Waals surface area contributed by atoms with Crippen molar-refractivity contribution in [2.75, 3.05) is 5.32 Å². The van der Waals surface area contributed by atoms with Crippen molar-refractivity contribution in [1.29, 1.82) is 0 Å². The summed E-state index contributed by atoms with van der Waals surface area (Å²) in [7, 11) is 0. The van der Waals surface area contributed by atoms with Crippen molar-refractivity contribution in [3.05, 3.63) is 59.2 Å². The number of carboxylic acids is 1. The number of carbonyl (C=O) groups is 3. The van der Waals surface area contributed by atoms with Gasteiger partial charge in [-0.3, -0.25) is 9.59 Å². The molecule has 25 heavy (non-hydrogen) atoms. The number of Topliss-reactive ketones (excluding diaryl/α,β-unsaturated/α-hetero) is 1. The number of phenols is 1. The third-order valence-corrected chi connectivity index (χ3v) is 3.75. The van der Waals surface area contributed by atoms with Crippen LogP contribution in [0.25, 0.3) is 0 Å². The van der Waals surface area contributed by atoms with Gasteiger partial charge in [-0.1, -0.05) is 19.1 Å². The second-order valence-electron chi connectivity index (χ2n) is 5.55. The fourth-order valence-corrected chi connectivity index (χ4v) is 2.45. The van der Waals surface area contributed by atoms with E-state index in [2.05, 4.69) is 5.32 Å². The van der Waals surface area contributed by atoms with Gasteiger partial charge in [0.2, 0.25) is 5.91 Å². The fraction of sp³-hybridized carbons (Fsp3) is 0.211. The summed E-state index contributed by atoms with van der Waals surface area (Å²) in [6, 6.07) is 10.6. The van der Waals surface area contributed by atoms with E-state index in [1.165, 1.54) is 24.3 Å². The molecule has 2 rings (SSSR count). The Morgan fingerprint density at radius 3 is 2.44 bits per heavy atom. The van der Waals surface area contributed by atoms with Crippen LogP contribution >= 0.6 is 0 Å². The van der Waals surface area contributed by atoms with Gasteiger partial charge in [-0.25, -0.2) is 4.79 Å². The number of carboxylic acid groups (broad SMARTS) is 1. The molecule has 130 valence electrons. The number of anilines is 1. The molecule has 0 aliphatic heterocycles. The van der Waals surface area contributed by atoms with Gasteiger partial charge in [-0.15, -0.1) is 0 Å². The van der Waals surface area contributed by atoms with Crippen molar-refractivity contribution >= 4 is 23.3 Å². The molecule has 0 spiro atoms. The summed E-state index contributed by atoms with van der Waals surface area (Å²) in [6.07, 6.45) is 0.543. The Hall–Kier alpha value is -3.15. The molecule has 1 amide bonds. The van der Waals surface area contributed by atoms with E-state index in [0.29, 0.717) is 23.2 Å². The molecule has 2 aromatic rings. The van der Waals surface area contributed by atoms with Crippen molar-refractivity contribution in [2.24, 2.45) is 0 Å². The number of ketones is 1. The van der Waals surface area contributed by atoms with Gasteiger partial charge in [-0.2, -0.15) is 0 Å². The summed E-state index contributed by atoms with van der Waals surface area (Å²) in [5, 5.41) is 21.1. The van der Waals surface area contributed by atoms with Gasteiger partial charge < -0.3 is 15.5 Å². The Labute approximate surface area is 145 Å². The van der Waals surface area contributed by atoms with Crippen LogP contribution < -0.4 is 5.32 Å². The molecule has 0 atom stereocenters. The lowest BCUT2D eigenvalue weighted by Gasteiger charge is -2.09. The zero-order valence-electron chi connectivity index (χ0n) is 13.8. The van der Waals surface area contributed by atoms with Gasteiger partial charge >= 0.3 is 5.97 Å². The molecule has 0 fully saturated rings. The van der Waals surface area contributed by atoms with Crippen molar-refractivity contribution in [1.82, 2.24) is 0 Å². The highest BCUT2D eigenvalue weighted by Crippen LogP contribution is 2.18. The SMILES string of the molecule is CCc1cc(NC(=O)CCC(=O)c2cccc(O)c2)ccc1C(=O)O. The van der Waals surface area contributed by atoms with Crippen LogP contribution in [0.1, 0.15) is 46.0 Å². The second kappa shape index (κ2) is 8.10. The zero-order valence-corrected chi connectivity index (χ0v) is 13.8. The van der Waals surface area contributed by atoms with Crippen LogP contribution in [0.5, 0.6) is 5.75 Å². The lowest BCUT2D eigenvalue weighted by atomic mass is 10.0. The number of carbonyl (C=O) groups excluding carboxylic acids is 2. The van der Waals surface area contributed by atoms with E-state index < -0.39 is 5.97 Å². The number of aromatic hydroxyl groups is 1. The van der Waals surface area contributed by atoms with E-state index in [1.54, 1.807) is 18.2 Å². The molecule has 3 N–H and O–H groups in total. The van der Waals surface area contributed by atoms with Gasteiger partial charge in [-0.05, 0) is 42.3 Å². The van der Waals surface area contributed by atoms with Gasteiger partial charge in [0, 0.05) is 24.1 Å². The minimum absolute atomic E-state index is 0.000849. The molecule has 0 heterocycles. The number of hydrogen-bond acceptors (Lipinski definition) is 4. The van der Waals surface area contributed by atoms with E-state index in [0.717, 1.165) is 0 Å². The van der Waals surface area contributed by atoms with Gasteiger partial charge in [0.15, 0.2) is 5.78 Å². The first-order chi connectivity index (χ1) is 11.9. The smallest absolute Gasteiger partial charge is 0.335 e. The first-order valence-corrected chi connectivity index (χ1v) is 7.89. The van der Waals surface area contributed by atoms with E-state index in [4.69, 9.17) is 5.11 Å². The highest BCUT2D eigenvalue weighted by atomic mass is 16.4. The minimum atomic E-state index is -1.01. The van der Waals surface area contributed by atoms with Crippen LogP contribution in [0.15, 0.2) is 42.5 Å². The summed E-state index contributed by atoms with van der Waals surface area (Å²) in [4.78, 5) is 35.1. The number of nitrogens with one attached hydrogen (secondary N) is 1. The summed E-state index contributed by atoms with van der Waals surface area (Å²) in [5.41, 5.74) is 1.68. The Morgan fingerprint density at radius 1 is 1.04 bits per heavy atom. The molecule has 0 aliphatic carbocycles. The first-order valence-electron chi connectivity index (χ1n) is 7.89. The van der Waals surface area contributed by atoms with Crippen LogP contribution in [0.3, 0.4) is 0 Å². The fourth-order valence-electron chi connectivity index (χ4n) is 2.45. The summed E-state index contributed by atoms with van der Waals surface area (Å²) in [5.74, 6) is -1.58. The molecule has 6 nitrogen and oxygen atoms in total. The highest BCUT2D eigenvalue weighted by Gasteiger charge is 2.12. The van der Waals surface area contributed by atoms with E-state index in [9.17, 15) is 19.5 Å². The molecule has 0 aromatic heterocycles. The summed E-state index contributed by atoms with van der Waals surface area (Å²) >= 11 is 0. The average Bonchev–Trinajstić information content (AvgIpc) is 2.59. The predicted molar refractivity (Wildman–Crippen MR) is 93.1 cm³/mol. The molecule has 0 radical (unpaired) electrons. The van der Waals surface area contributed by atoms with Crippen molar-refractivity contribution in [3.8, 4) is 5.75 Å². The second-order valence-corrected chi connectivity index (χ2v) is 5.55. The normalized spacial score (nSPS) is 10.3. The Balaban J connectivity index is 1.96. The topological polar surface area (TPSA) is 104 Å². The zero-order chi connectivity index (χ0) is 18.4. The van der Waals surface area contributed by atoms with Gasteiger partial charge in [0.25, 0.3) is 0 Å². The molecule has 0 unspecified atom stereocenters. The quantitative estimate of drug-likeness (QED) is 0.671. The molecule has 0 bridgehead atoms. The lowest BCUT2D eigenvalue weighted by Crippen LogP contribution is -2.14. The number of amides is 1. The maximum absolute atomic E-state index is 12.0. The maximum atomic E-state index is 12.0. The lowest BCUT2D eigenvalue weighted by molar-refractivity contribution is -0.116. The van der Waals surface area contributed by atoms with Crippen molar-refractivity contribution < 1.29 is 24.6 Å². The van der Waals surface area contributed by atoms with Crippen LogP contribution in [-0.2, 0) is 11.2 Å². The Kier molecular flexibility index (Phi) is 5.89. The largest absolute Gasteiger partial charge is 0.508 e. The molecule has 0 saturated carbocycles. The van der Waals surface area contributed by atoms with Crippen LogP contribution in [-0.4, -0.2) is 27.9 Å². The highest BCUT2D eigenvalue weighted by molar-refractivity contribution is 6.00. The number of phenolic OH excluding ortho intramolecular Hbond substituents is 1. The van der Waals surface area contributed by atoms with Crippen LogP contribution in [0.2, 0.25) is 0 Å². The maximum Gasteiger partial charge on any atom is 0.335 e. The predicted octanol–water partition coefficient (Wildman–Crippen LogP) is 3.25. The van der Waals surface area contributed by atoms with Crippen molar-refractivity contribution in [3.63, 3.8) is 0 Å². The number of hydrogen-bond donors (Lipinski definition) is 3. The number of aromatic carboxylic acids is 1. The number of aryl methyl sites for hydroxylation is 1. The Bertz CT molecular complexity index is 813. The third-order valence-electron chi connectivity index (χ3n) is 3.75. The molecule has 0 aliphatic rings. The minimum Gasteiger partial charge on any atom is -0.508 e. The van der Waals surface area contributed by atoms with Crippen LogP contribution in [0.4, 0.5) is 5.69 Å². The first kappa shape index (κ1) is 18.2. The van der Waals surface area contributed by atoms with Crippen LogP contribution in [0, 0.1) is 0 Å². The molecule has 2 aromatic carbocycles. The molecule has 6 heteroatoms. The third kappa shape index (κ3) is 4.91. The van der Waals surface area contributed by atoms with Crippen molar-refractivity contribution in [2.45, 2.75) is 26.2 Å². The standard InChI is InChI=1S/C19H19NO5/c1-2-12-10-14(6-7-16(12)19(24)25)20-18(23)9-8-17(22)13-4-3-5-15(21)11-13/h3-7,10-11,21H,2,8-9H2,1H3,(H,20,23)(H,24,25). The molecule has 0 saturated heterocycles. The van der Waals surface area contributed by atoms with E-state index in [1.807, 2.05) is 6.92 Å². The van der Waals surface area contributed by atoms with E-state index in [-0.39, 0.29) is 35.8 Å². The Morgan fingerprint density at radius 2 is 1.80 bits per heavy atom. The number of rotatable bonds is 7. The van der Waals surface area contributed by atoms with E-state index >= 15 is 0 Å². The molecular formula is C19H19NO5. The number of benzene rings is 2. The monoisotopic (exact) mass is 341 g/mol. The average molecular weight is 341 g/mol.